The highest BCUT2D eigenvalue weighted by Gasteiger charge is 2.35. The van der Waals surface area contributed by atoms with Crippen LogP contribution in [0.3, 0.4) is 0 Å². The molecule has 2 saturated heterocycles. The number of nitrogens with zero attached hydrogens (tertiary/aromatic N) is 7. The summed E-state index contributed by atoms with van der Waals surface area (Å²) in [4.78, 5) is 21.7. The zero-order chi connectivity index (χ0) is 33.2. The van der Waals surface area contributed by atoms with E-state index in [9.17, 15) is 14.4 Å². The topological polar surface area (TPSA) is 109 Å². The van der Waals surface area contributed by atoms with Crippen molar-refractivity contribution in [1.82, 2.24) is 29.8 Å². The minimum Gasteiger partial charge on any atom is -0.471 e. The van der Waals surface area contributed by atoms with Crippen molar-refractivity contribution in [3.05, 3.63) is 59.7 Å². The molecule has 2 aliphatic heterocycles. The van der Waals surface area contributed by atoms with Gasteiger partial charge in [0.25, 0.3) is 0 Å². The van der Waals surface area contributed by atoms with Crippen molar-refractivity contribution in [2.24, 2.45) is 0 Å². The maximum Gasteiger partial charge on any atom is 0.246 e. The van der Waals surface area contributed by atoms with Crippen LogP contribution >= 0.6 is 0 Å². The van der Waals surface area contributed by atoms with Crippen LogP contribution in [0.25, 0.3) is 33.1 Å². The van der Waals surface area contributed by atoms with Gasteiger partial charge in [-0.3, -0.25) is 9.69 Å². The monoisotopic (exact) mass is 643 g/mol. The zero-order valence-electron chi connectivity index (χ0n) is 27.1. The van der Waals surface area contributed by atoms with Gasteiger partial charge >= 0.3 is 0 Å². The fourth-order valence-corrected chi connectivity index (χ4v) is 7.17. The molecule has 246 valence electrons. The van der Waals surface area contributed by atoms with E-state index in [-0.39, 0.29) is 48.0 Å². The first-order valence-electron chi connectivity index (χ1n) is 16.0. The van der Waals surface area contributed by atoms with Gasteiger partial charge in [-0.2, -0.15) is 5.26 Å². The maximum absolute atomic E-state index is 16.7. The number of aryl methyl sites for hydroxylation is 1. The molecule has 12 heteroatoms. The van der Waals surface area contributed by atoms with Crippen LogP contribution in [0.5, 0.6) is 5.88 Å². The lowest BCUT2D eigenvalue weighted by atomic mass is 9.94. The van der Waals surface area contributed by atoms with Crippen LogP contribution in [-0.2, 0) is 9.53 Å². The van der Waals surface area contributed by atoms with E-state index in [1.54, 1.807) is 34.9 Å². The number of hydrogen-bond acceptors (Lipinski definition) is 8. The maximum atomic E-state index is 16.7. The summed E-state index contributed by atoms with van der Waals surface area (Å²) in [5, 5.41) is 19.3. The first-order chi connectivity index (χ1) is 22.7. The molecule has 0 aliphatic carbocycles. The highest BCUT2D eigenvalue weighted by molar-refractivity contribution is 6.06. The number of likely N-dealkylation sites (N-methyl/N-ethyl adjacent to an activating group) is 1. The fourth-order valence-electron chi connectivity index (χ4n) is 7.17. The van der Waals surface area contributed by atoms with Gasteiger partial charge in [0.05, 0.1) is 25.1 Å². The third-order valence-corrected chi connectivity index (χ3v) is 9.52. The molecule has 47 heavy (non-hydrogen) atoms. The second kappa shape index (κ2) is 13.7. The summed E-state index contributed by atoms with van der Waals surface area (Å²) in [6, 6.07) is 9.44. The summed E-state index contributed by atoms with van der Waals surface area (Å²) in [5.74, 6) is -0.921. The predicted molar refractivity (Wildman–Crippen MR) is 174 cm³/mol. The summed E-state index contributed by atoms with van der Waals surface area (Å²) in [6.07, 6.45) is 6.11. The van der Waals surface area contributed by atoms with E-state index in [1.165, 1.54) is 18.2 Å². The van der Waals surface area contributed by atoms with Crippen molar-refractivity contribution < 1.29 is 23.0 Å². The molecule has 2 aromatic heterocycles. The number of rotatable bonds is 9. The molecule has 2 aliphatic rings. The average Bonchev–Trinajstić information content (AvgIpc) is 3.70. The number of likely N-dealkylation sites (tertiary alicyclic amines) is 2. The van der Waals surface area contributed by atoms with Gasteiger partial charge in [-0.05, 0) is 82.4 Å². The number of fused-ring (bicyclic) bond motifs is 3. The van der Waals surface area contributed by atoms with Gasteiger partial charge in [-0.25, -0.2) is 18.4 Å². The Hall–Kier alpha value is -4.47. The third kappa shape index (κ3) is 6.30. The summed E-state index contributed by atoms with van der Waals surface area (Å²) in [6.45, 7) is 5.50. The minimum atomic E-state index is -0.539. The number of halogens is 2. The lowest BCUT2D eigenvalue weighted by Gasteiger charge is -2.38. The second-order valence-corrected chi connectivity index (χ2v) is 12.5. The van der Waals surface area contributed by atoms with Crippen molar-refractivity contribution in [3.63, 3.8) is 0 Å². The van der Waals surface area contributed by atoms with Gasteiger partial charge in [0.1, 0.15) is 23.0 Å². The SMILES string of the molecule is COC/C=C/C(=O)N1CC[C@H](n2nnc3c(O[C@@H](C)[C@@H]4CCCN4C)nc4c(F)c(-c5ccc(F)cc5)c(C)cc4c32)C[C@H]1CC#N. The number of methoxy groups -OCH3 is 1. The van der Waals surface area contributed by atoms with E-state index in [2.05, 4.69) is 28.3 Å². The van der Waals surface area contributed by atoms with Crippen LogP contribution in [0.15, 0.2) is 42.5 Å². The van der Waals surface area contributed by atoms with Crippen LogP contribution < -0.4 is 4.74 Å². The molecule has 0 radical (unpaired) electrons. The van der Waals surface area contributed by atoms with Crippen molar-refractivity contribution in [3.8, 4) is 23.1 Å². The van der Waals surface area contributed by atoms with Crippen molar-refractivity contribution in [2.45, 2.75) is 70.2 Å². The van der Waals surface area contributed by atoms with E-state index >= 15 is 4.39 Å². The molecule has 0 bridgehead atoms. The molecule has 4 aromatic rings. The van der Waals surface area contributed by atoms with Gasteiger partial charge in [0.2, 0.25) is 11.8 Å². The molecular weight excluding hydrogens is 604 g/mol. The predicted octanol–water partition coefficient (Wildman–Crippen LogP) is 5.74. The molecule has 4 atom stereocenters. The van der Waals surface area contributed by atoms with E-state index in [1.807, 2.05) is 19.9 Å². The van der Waals surface area contributed by atoms with Crippen molar-refractivity contribution in [2.75, 3.05) is 33.9 Å². The highest BCUT2D eigenvalue weighted by atomic mass is 19.1. The van der Waals surface area contributed by atoms with Crippen LogP contribution in [0.2, 0.25) is 0 Å². The molecule has 2 fully saturated rings. The average molecular weight is 644 g/mol. The lowest BCUT2D eigenvalue weighted by Crippen LogP contribution is -2.46. The first kappa shape index (κ1) is 32.5. The van der Waals surface area contributed by atoms with E-state index < -0.39 is 11.6 Å². The third-order valence-electron chi connectivity index (χ3n) is 9.52. The van der Waals surface area contributed by atoms with Gasteiger partial charge in [-0.1, -0.05) is 23.4 Å². The van der Waals surface area contributed by atoms with Crippen molar-refractivity contribution >= 4 is 27.8 Å². The van der Waals surface area contributed by atoms with Gasteiger partial charge in [0, 0.05) is 42.8 Å². The smallest absolute Gasteiger partial charge is 0.246 e. The Kier molecular flexibility index (Phi) is 9.47. The number of carbonyl (C=O) groups excluding carboxylic acids is 1. The molecule has 0 unspecified atom stereocenters. The summed E-state index contributed by atoms with van der Waals surface area (Å²) >= 11 is 0. The molecule has 10 nitrogen and oxygen atoms in total. The lowest BCUT2D eigenvalue weighted by molar-refractivity contribution is -0.130. The van der Waals surface area contributed by atoms with Crippen molar-refractivity contribution in [1.29, 1.82) is 5.26 Å². The van der Waals surface area contributed by atoms with Crippen LogP contribution in [0.4, 0.5) is 8.78 Å². The molecule has 0 N–H and O–H groups in total. The summed E-state index contributed by atoms with van der Waals surface area (Å²) < 4.78 is 43.8. The van der Waals surface area contributed by atoms with Gasteiger partial charge in [0.15, 0.2) is 11.3 Å². The number of pyridine rings is 1. The van der Waals surface area contributed by atoms with E-state index in [0.29, 0.717) is 59.1 Å². The fraction of sp³-hybridized carbons (Fsp3) is 0.457. The highest BCUT2D eigenvalue weighted by Crippen LogP contribution is 2.40. The Balaban J connectivity index is 1.46. The Morgan fingerprint density at radius 1 is 1.19 bits per heavy atom. The molecule has 6 rings (SSSR count). The quantitative estimate of drug-likeness (QED) is 0.213. The van der Waals surface area contributed by atoms with Gasteiger partial charge in [-0.15, -0.1) is 5.10 Å². The van der Waals surface area contributed by atoms with Crippen LogP contribution in [0, 0.1) is 29.9 Å². The number of carbonyl (C=O) groups is 1. The van der Waals surface area contributed by atoms with Gasteiger partial charge < -0.3 is 14.4 Å². The normalized spacial score (nSPS) is 21.1. The number of benzene rings is 2. The second-order valence-electron chi connectivity index (χ2n) is 12.5. The molecule has 4 heterocycles. The number of hydrogen-bond donors (Lipinski definition) is 0. The summed E-state index contributed by atoms with van der Waals surface area (Å²) in [5.41, 5.74) is 2.65. The molecular formula is C35H39F2N7O3. The van der Waals surface area contributed by atoms with Crippen LogP contribution in [-0.4, -0.2) is 87.7 Å². The standard InChI is InChI=1S/C35H39F2N7O3/c1-21-19-27-32(31(37)30(21)23-9-11-24(36)12-10-23)39-35(47-22(2)28-7-5-16-42(28)3)33-34(27)44(41-40-33)26-14-17-43(25(20-26)13-15-38)29(45)8-6-18-46-4/h6,8-12,19,22,25-26,28H,5,7,13-14,16-18,20H2,1-4H3/b8-6+/t22-,25+,26-,28-/m0/s1. The molecule has 2 aromatic carbocycles. The minimum absolute atomic E-state index is 0.109. The summed E-state index contributed by atoms with van der Waals surface area (Å²) in [7, 11) is 3.62. The molecule has 0 saturated carbocycles. The number of aromatic nitrogens is 4. The zero-order valence-corrected chi connectivity index (χ0v) is 27.1. The largest absolute Gasteiger partial charge is 0.471 e. The number of piperidine rings is 1. The van der Waals surface area contributed by atoms with E-state index in [0.717, 1.165) is 19.4 Å². The molecule has 1 amide bonds. The Bertz CT molecular complexity index is 1850. The van der Waals surface area contributed by atoms with Crippen LogP contribution in [0.1, 0.15) is 50.6 Å². The Morgan fingerprint density at radius 3 is 2.68 bits per heavy atom. The van der Waals surface area contributed by atoms with E-state index in [4.69, 9.17) is 14.5 Å². The first-order valence-corrected chi connectivity index (χ1v) is 16.0. The number of ether oxygens (including phenoxy) is 2. The number of nitriles is 1. The number of amides is 1. The Morgan fingerprint density at radius 2 is 1.98 bits per heavy atom. The Labute approximate surface area is 272 Å². The molecule has 0 spiro atoms.